The summed E-state index contributed by atoms with van der Waals surface area (Å²) in [6.45, 7) is 5.68. The zero-order valence-corrected chi connectivity index (χ0v) is 11.4. The first-order chi connectivity index (χ1) is 7.70. The van der Waals surface area contributed by atoms with Gasteiger partial charge in [0.25, 0.3) is 5.56 Å². The third-order valence-electron chi connectivity index (χ3n) is 2.27. The van der Waals surface area contributed by atoms with E-state index in [2.05, 4.69) is 33.3 Å². The van der Waals surface area contributed by atoms with Gasteiger partial charge in [0.05, 0.1) is 11.9 Å². The molecule has 0 aliphatic carbocycles. The van der Waals surface area contributed by atoms with E-state index in [4.69, 9.17) is 0 Å². The highest BCUT2D eigenvalue weighted by atomic mass is 79.9. The maximum atomic E-state index is 11.8. The second-order valence-electron chi connectivity index (χ2n) is 3.68. The fraction of sp³-hybridized carbons (Fsp3) is 0.636. The molecule has 0 fully saturated rings. The van der Waals surface area contributed by atoms with Crippen molar-refractivity contribution in [3.05, 3.63) is 21.0 Å². The first kappa shape index (κ1) is 13.2. The third kappa shape index (κ3) is 3.33. The lowest BCUT2D eigenvalue weighted by Gasteiger charge is -2.09. The van der Waals surface area contributed by atoms with E-state index in [1.807, 2.05) is 6.92 Å². The summed E-state index contributed by atoms with van der Waals surface area (Å²) in [5, 5.41) is 7.32. The summed E-state index contributed by atoms with van der Waals surface area (Å²) in [7, 11) is 0. The fourth-order valence-electron chi connectivity index (χ4n) is 1.36. The van der Waals surface area contributed by atoms with Crippen molar-refractivity contribution < 1.29 is 0 Å². The van der Waals surface area contributed by atoms with Crippen LogP contribution in [0.1, 0.15) is 33.1 Å². The van der Waals surface area contributed by atoms with Crippen LogP contribution >= 0.6 is 15.9 Å². The number of aromatic nitrogens is 2. The fourth-order valence-corrected chi connectivity index (χ4v) is 1.81. The molecule has 0 atom stereocenters. The Morgan fingerprint density at radius 1 is 1.44 bits per heavy atom. The molecular weight excluding hydrogens is 270 g/mol. The van der Waals surface area contributed by atoms with E-state index in [-0.39, 0.29) is 5.56 Å². The van der Waals surface area contributed by atoms with Crippen molar-refractivity contribution >= 4 is 21.6 Å². The highest BCUT2D eigenvalue weighted by Crippen LogP contribution is 2.16. The van der Waals surface area contributed by atoms with Gasteiger partial charge >= 0.3 is 0 Å². The minimum Gasteiger partial charge on any atom is -0.383 e. The van der Waals surface area contributed by atoms with Gasteiger partial charge < -0.3 is 5.32 Å². The number of nitrogens with zero attached hydrogens (tertiary/aromatic N) is 2. The molecule has 90 valence electrons. The Hall–Kier alpha value is -0.840. The summed E-state index contributed by atoms with van der Waals surface area (Å²) < 4.78 is 2.06. The minimum atomic E-state index is -0.0663. The molecule has 0 unspecified atom stereocenters. The lowest BCUT2D eigenvalue weighted by Crippen LogP contribution is -2.24. The molecule has 0 aromatic carbocycles. The zero-order valence-electron chi connectivity index (χ0n) is 9.79. The van der Waals surface area contributed by atoms with Crippen LogP contribution in [0.5, 0.6) is 0 Å². The number of unbranched alkanes of at least 4 members (excludes halogenated alkanes) is 1. The van der Waals surface area contributed by atoms with Crippen LogP contribution in [0.4, 0.5) is 5.69 Å². The van der Waals surface area contributed by atoms with E-state index >= 15 is 0 Å². The summed E-state index contributed by atoms with van der Waals surface area (Å²) in [4.78, 5) is 11.8. The van der Waals surface area contributed by atoms with Crippen LogP contribution in [0, 0.1) is 0 Å². The van der Waals surface area contributed by atoms with Crippen molar-refractivity contribution in [2.45, 2.75) is 39.7 Å². The minimum absolute atomic E-state index is 0.0663. The van der Waals surface area contributed by atoms with E-state index in [9.17, 15) is 4.79 Å². The first-order valence-electron chi connectivity index (χ1n) is 5.70. The molecule has 0 saturated heterocycles. The molecule has 16 heavy (non-hydrogen) atoms. The van der Waals surface area contributed by atoms with Crippen molar-refractivity contribution in [1.29, 1.82) is 0 Å². The predicted molar refractivity (Wildman–Crippen MR) is 69.9 cm³/mol. The Morgan fingerprint density at radius 3 is 2.81 bits per heavy atom. The van der Waals surface area contributed by atoms with Crippen molar-refractivity contribution in [1.82, 2.24) is 9.78 Å². The van der Waals surface area contributed by atoms with Crippen molar-refractivity contribution in [2.75, 3.05) is 11.9 Å². The summed E-state index contributed by atoms with van der Waals surface area (Å²) in [6, 6.07) is 0. The number of hydrogen-bond donors (Lipinski definition) is 1. The molecule has 1 aromatic rings. The van der Waals surface area contributed by atoms with Crippen LogP contribution in [-0.2, 0) is 6.54 Å². The molecule has 1 aromatic heterocycles. The smallest absolute Gasteiger partial charge is 0.283 e. The van der Waals surface area contributed by atoms with Crippen molar-refractivity contribution in [3.63, 3.8) is 0 Å². The van der Waals surface area contributed by atoms with Crippen LogP contribution in [0.2, 0.25) is 0 Å². The van der Waals surface area contributed by atoms with Gasteiger partial charge in [-0.1, -0.05) is 20.3 Å². The van der Waals surface area contributed by atoms with Crippen LogP contribution < -0.4 is 10.9 Å². The van der Waals surface area contributed by atoms with Gasteiger partial charge in [-0.15, -0.1) is 0 Å². The van der Waals surface area contributed by atoms with Gasteiger partial charge in [0.2, 0.25) is 0 Å². The van der Waals surface area contributed by atoms with Gasteiger partial charge in [0, 0.05) is 13.1 Å². The third-order valence-corrected chi connectivity index (χ3v) is 3.03. The summed E-state index contributed by atoms with van der Waals surface area (Å²) in [5.41, 5.74) is 0.717. The molecule has 4 nitrogen and oxygen atoms in total. The maximum absolute atomic E-state index is 11.8. The summed E-state index contributed by atoms with van der Waals surface area (Å²) in [6.07, 6.45) is 4.83. The predicted octanol–water partition coefficient (Wildman–Crippen LogP) is 2.63. The highest BCUT2D eigenvalue weighted by Gasteiger charge is 2.07. The van der Waals surface area contributed by atoms with Crippen molar-refractivity contribution in [2.24, 2.45) is 0 Å². The molecule has 1 heterocycles. The second-order valence-corrected chi connectivity index (χ2v) is 4.47. The van der Waals surface area contributed by atoms with E-state index in [0.29, 0.717) is 11.0 Å². The summed E-state index contributed by atoms with van der Waals surface area (Å²) >= 11 is 3.32. The highest BCUT2D eigenvalue weighted by molar-refractivity contribution is 9.10. The van der Waals surface area contributed by atoms with E-state index in [1.165, 1.54) is 4.68 Å². The SMILES string of the molecule is CCCCNc1cnn(CCC)c(=O)c1Br. The number of rotatable bonds is 6. The molecular formula is C11H18BrN3O. The van der Waals surface area contributed by atoms with Crippen LogP contribution in [0.25, 0.3) is 0 Å². The van der Waals surface area contributed by atoms with Crippen LogP contribution in [0.3, 0.4) is 0 Å². The van der Waals surface area contributed by atoms with E-state index in [0.717, 1.165) is 31.5 Å². The molecule has 0 radical (unpaired) electrons. The molecule has 5 heteroatoms. The standard InChI is InChI=1S/C11H18BrN3O/c1-3-5-6-13-9-8-14-15(7-4-2)11(16)10(9)12/h8,13H,3-7H2,1-2H3. The van der Waals surface area contributed by atoms with Gasteiger partial charge in [0.15, 0.2) is 0 Å². The van der Waals surface area contributed by atoms with Gasteiger partial charge in [-0.25, -0.2) is 4.68 Å². The molecule has 1 N–H and O–H groups in total. The number of hydrogen-bond acceptors (Lipinski definition) is 3. The first-order valence-corrected chi connectivity index (χ1v) is 6.49. The van der Waals surface area contributed by atoms with Gasteiger partial charge in [-0.3, -0.25) is 4.79 Å². The lowest BCUT2D eigenvalue weighted by molar-refractivity contribution is 0.566. The molecule has 0 spiro atoms. The van der Waals surface area contributed by atoms with Gasteiger partial charge in [-0.2, -0.15) is 5.10 Å². The Bertz CT molecular complexity index is 389. The van der Waals surface area contributed by atoms with E-state index in [1.54, 1.807) is 6.20 Å². The molecule has 1 rings (SSSR count). The number of anilines is 1. The lowest BCUT2D eigenvalue weighted by atomic mass is 10.3. The average Bonchev–Trinajstić information content (AvgIpc) is 2.28. The zero-order chi connectivity index (χ0) is 12.0. The number of halogens is 1. The van der Waals surface area contributed by atoms with Gasteiger partial charge in [-0.05, 0) is 28.8 Å². The molecule has 0 saturated carbocycles. The van der Waals surface area contributed by atoms with Gasteiger partial charge in [0.1, 0.15) is 4.47 Å². The second kappa shape index (κ2) is 6.68. The largest absolute Gasteiger partial charge is 0.383 e. The molecule has 0 aliphatic heterocycles. The molecule has 0 aliphatic rings. The number of nitrogens with one attached hydrogen (secondary N) is 1. The molecule has 0 bridgehead atoms. The Labute approximate surface area is 104 Å². The normalized spacial score (nSPS) is 10.4. The summed E-state index contributed by atoms with van der Waals surface area (Å²) in [5.74, 6) is 0. The average molecular weight is 288 g/mol. The topological polar surface area (TPSA) is 46.9 Å². The maximum Gasteiger partial charge on any atom is 0.283 e. The number of aryl methyl sites for hydroxylation is 1. The van der Waals surface area contributed by atoms with Crippen LogP contribution in [-0.4, -0.2) is 16.3 Å². The van der Waals surface area contributed by atoms with Crippen LogP contribution in [0.15, 0.2) is 15.5 Å². The van der Waals surface area contributed by atoms with E-state index < -0.39 is 0 Å². The molecule has 0 amide bonds. The quantitative estimate of drug-likeness (QED) is 0.819. The Kier molecular flexibility index (Phi) is 5.52. The Morgan fingerprint density at radius 2 is 2.19 bits per heavy atom. The van der Waals surface area contributed by atoms with Crippen molar-refractivity contribution in [3.8, 4) is 0 Å². The Balaban J connectivity index is 2.81. The monoisotopic (exact) mass is 287 g/mol.